The number of nitrogens with one attached hydrogen (secondary N) is 1. The van der Waals surface area contributed by atoms with E-state index in [-0.39, 0.29) is 18.5 Å². The first-order valence-corrected chi connectivity index (χ1v) is 9.57. The number of carbonyl (C=O) groups is 2. The molecule has 0 fully saturated rings. The molecule has 2 heterocycles. The van der Waals surface area contributed by atoms with Crippen LogP contribution in [-0.4, -0.2) is 38.3 Å². The van der Waals surface area contributed by atoms with Crippen LogP contribution in [0, 0.1) is 12.3 Å². The summed E-state index contributed by atoms with van der Waals surface area (Å²) >= 11 is 0. The molecule has 0 saturated carbocycles. The lowest BCUT2D eigenvalue weighted by Crippen LogP contribution is -2.39. The second kappa shape index (κ2) is 7.66. The fourth-order valence-electron chi connectivity index (χ4n) is 3.05. The van der Waals surface area contributed by atoms with Crippen molar-refractivity contribution in [2.24, 2.45) is 5.41 Å². The zero-order chi connectivity index (χ0) is 21.3. The maximum atomic E-state index is 13.0. The van der Waals surface area contributed by atoms with E-state index in [2.05, 4.69) is 10.4 Å². The van der Waals surface area contributed by atoms with E-state index in [9.17, 15) is 14.7 Å². The minimum Gasteiger partial charge on any atom is -0.481 e. The highest BCUT2D eigenvalue weighted by Gasteiger charge is 2.28. The molecule has 0 aliphatic carbocycles. The van der Waals surface area contributed by atoms with Gasteiger partial charge in [-0.25, -0.2) is 9.67 Å². The van der Waals surface area contributed by atoms with Crippen molar-refractivity contribution in [3.8, 4) is 11.3 Å². The number of amides is 1. The summed E-state index contributed by atoms with van der Waals surface area (Å²) in [7, 11) is 0. The Balaban J connectivity index is 2.11. The lowest BCUT2D eigenvalue weighted by Gasteiger charge is -2.19. The van der Waals surface area contributed by atoms with Gasteiger partial charge in [0.15, 0.2) is 5.65 Å². The average molecular weight is 394 g/mol. The third kappa shape index (κ3) is 3.99. The van der Waals surface area contributed by atoms with Crippen LogP contribution in [0.3, 0.4) is 0 Å². The smallest absolute Gasteiger partial charge is 0.310 e. The van der Waals surface area contributed by atoms with Crippen LogP contribution in [0.15, 0.2) is 36.5 Å². The lowest BCUT2D eigenvalue weighted by atomic mass is 9.93. The number of aryl methyl sites for hydroxylation is 1. The van der Waals surface area contributed by atoms with E-state index in [0.29, 0.717) is 22.3 Å². The molecule has 2 aromatic heterocycles. The predicted molar refractivity (Wildman–Crippen MR) is 112 cm³/mol. The molecule has 0 bridgehead atoms. The average Bonchev–Trinajstić information content (AvgIpc) is 3.10. The van der Waals surface area contributed by atoms with Crippen LogP contribution in [0.5, 0.6) is 0 Å². The van der Waals surface area contributed by atoms with Crippen LogP contribution in [0.4, 0.5) is 0 Å². The molecule has 0 saturated heterocycles. The molecule has 29 heavy (non-hydrogen) atoms. The van der Waals surface area contributed by atoms with Gasteiger partial charge in [0.05, 0.1) is 28.3 Å². The third-order valence-electron chi connectivity index (χ3n) is 4.99. The summed E-state index contributed by atoms with van der Waals surface area (Å²) in [5.41, 5.74) is 2.66. The SMILES string of the molecule is Cc1ccccc1-c1cc(C(=O)NCC(C)(C)C(=O)O)c2cnn(C(C)C)c2n1. The van der Waals surface area contributed by atoms with Crippen molar-refractivity contribution in [1.29, 1.82) is 0 Å². The molecule has 7 heteroatoms. The lowest BCUT2D eigenvalue weighted by molar-refractivity contribution is -0.146. The van der Waals surface area contributed by atoms with Crippen molar-refractivity contribution in [2.75, 3.05) is 6.54 Å². The molecule has 3 aromatic rings. The molecule has 0 aliphatic rings. The van der Waals surface area contributed by atoms with Gasteiger partial charge in [-0.05, 0) is 46.2 Å². The van der Waals surface area contributed by atoms with Gasteiger partial charge in [0.1, 0.15) is 0 Å². The molecular formula is C22H26N4O3. The molecule has 1 amide bonds. The molecule has 0 atom stereocenters. The van der Waals surface area contributed by atoms with Crippen molar-refractivity contribution in [1.82, 2.24) is 20.1 Å². The highest BCUT2D eigenvalue weighted by atomic mass is 16.4. The van der Waals surface area contributed by atoms with Gasteiger partial charge in [0, 0.05) is 18.2 Å². The van der Waals surface area contributed by atoms with Gasteiger partial charge in [0.2, 0.25) is 0 Å². The van der Waals surface area contributed by atoms with Crippen LogP contribution in [0.2, 0.25) is 0 Å². The predicted octanol–water partition coefficient (Wildman–Crippen LogP) is 3.83. The first-order chi connectivity index (χ1) is 13.6. The van der Waals surface area contributed by atoms with Crippen molar-refractivity contribution < 1.29 is 14.7 Å². The summed E-state index contributed by atoms with van der Waals surface area (Å²) in [6.45, 7) is 9.17. The Kier molecular flexibility index (Phi) is 5.42. The molecule has 152 valence electrons. The molecule has 1 aromatic carbocycles. The number of rotatable bonds is 6. The summed E-state index contributed by atoms with van der Waals surface area (Å²) in [4.78, 5) is 29.2. The Morgan fingerprint density at radius 3 is 2.55 bits per heavy atom. The van der Waals surface area contributed by atoms with E-state index in [1.807, 2.05) is 45.0 Å². The van der Waals surface area contributed by atoms with Crippen molar-refractivity contribution >= 4 is 22.9 Å². The molecule has 2 N–H and O–H groups in total. The Bertz CT molecular complexity index is 1080. The van der Waals surface area contributed by atoms with E-state index in [0.717, 1.165) is 11.1 Å². The summed E-state index contributed by atoms with van der Waals surface area (Å²) in [5, 5.41) is 17.1. The van der Waals surface area contributed by atoms with E-state index >= 15 is 0 Å². The monoisotopic (exact) mass is 394 g/mol. The fraction of sp³-hybridized carbons (Fsp3) is 0.364. The van der Waals surface area contributed by atoms with Gasteiger partial charge in [-0.2, -0.15) is 5.10 Å². The number of benzene rings is 1. The van der Waals surface area contributed by atoms with Crippen LogP contribution in [0.25, 0.3) is 22.3 Å². The highest BCUT2D eigenvalue weighted by molar-refractivity contribution is 6.06. The van der Waals surface area contributed by atoms with E-state index < -0.39 is 11.4 Å². The van der Waals surface area contributed by atoms with Crippen LogP contribution in [0.1, 0.15) is 49.7 Å². The third-order valence-corrected chi connectivity index (χ3v) is 4.99. The summed E-state index contributed by atoms with van der Waals surface area (Å²) < 4.78 is 1.79. The molecule has 7 nitrogen and oxygen atoms in total. The minimum atomic E-state index is -1.07. The number of aliphatic carboxylic acids is 1. The van der Waals surface area contributed by atoms with Crippen LogP contribution >= 0.6 is 0 Å². The first-order valence-electron chi connectivity index (χ1n) is 9.57. The quantitative estimate of drug-likeness (QED) is 0.662. The summed E-state index contributed by atoms with van der Waals surface area (Å²) in [6.07, 6.45) is 1.64. The molecule has 3 rings (SSSR count). The number of nitrogens with zero attached hydrogens (tertiary/aromatic N) is 3. The Hall–Kier alpha value is -3.22. The molecule has 0 unspecified atom stereocenters. The maximum absolute atomic E-state index is 13.0. The normalized spacial score (nSPS) is 11.8. The van der Waals surface area contributed by atoms with Crippen molar-refractivity contribution in [2.45, 2.75) is 40.7 Å². The van der Waals surface area contributed by atoms with Gasteiger partial charge in [-0.3, -0.25) is 9.59 Å². The number of carboxylic acids is 1. The van der Waals surface area contributed by atoms with Gasteiger partial charge in [-0.15, -0.1) is 0 Å². The second-order valence-corrected chi connectivity index (χ2v) is 8.16. The van der Waals surface area contributed by atoms with Crippen LogP contribution in [-0.2, 0) is 4.79 Å². The van der Waals surface area contributed by atoms with Crippen LogP contribution < -0.4 is 5.32 Å². The number of hydrogen-bond acceptors (Lipinski definition) is 4. The molecule has 0 aliphatic heterocycles. The Labute approximate surface area is 169 Å². The fourth-order valence-corrected chi connectivity index (χ4v) is 3.05. The van der Waals surface area contributed by atoms with Gasteiger partial charge >= 0.3 is 5.97 Å². The number of pyridine rings is 1. The Morgan fingerprint density at radius 2 is 1.93 bits per heavy atom. The minimum absolute atomic E-state index is 0.0169. The number of aromatic nitrogens is 3. The zero-order valence-corrected chi connectivity index (χ0v) is 17.4. The molecular weight excluding hydrogens is 368 g/mol. The van der Waals surface area contributed by atoms with E-state index in [1.54, 1.807) is 30.8 Å². The number of hydrogen-bond donors (Lipinski definition) is 2. The molecule has 0 spiro atoms. The second-order valence-electron chi connectivity index (χ2n) is 8.16. The van der Waals surface area contributed by atoms with Gasteiger partial charge < -0.3 is 10.4 Å². The Morgan fingerprint density at radius 1 is 1.24 bits per heavy atom. The largest absolute Gasteiger partial charge is 0.481 e. The summed E-state index contributed by atoms with van der Waals surface area (Å²) in [6, 6.07) is 9.68. The van der Waals surface area contributed by atoms with E-state index in [1.165, 1.54) is 0 Å². The number of carboxylic acid groups (broad SMARTS) is 1. The van der Waals surface area contributed by atoms with Crippen molar-refractivity contribution in [3.05, 3.63) is 47.7 Å². The number of fused-ring (bicyclic) bond motifs is 1. The zero-order valence-electron chi connectivity index (χ0n) is 17.4. The van der Waals surface area contributed by atoms with E-state index in [4.69, 9.17) is 4.98 Å². The topological polar surface area (TPSA) is 97.1 Å². The maximum Gasteiger partial charge on any atom is 0.310 e. The first kappa shape index (κ1) is 20.5. The van der Waals surface area contributed by atoms with Gasteiger partial charge in [0.25, 0.3) is 5.91 Å². The summed E-state index contributed by atoms with van der Waals surface area (Å²) in [5.74, 6) is -1.31. The highest BCUT2D eigenvalue weighted by Crippen LogP contribution is 2.28. The molecule has 0 radical (unpaired) electrons. The van der Waals surface area contributed by atoms with Gasteiger partial charge in [-0.1, -0.05) is 24.3 Å². The standard InChI is InChI=1S/C22H26N4O3/c1-13(2)26-19-17(11-24-26)16(20(27)23-12-22(4,5)21(28)29)10-18(25-19)15-9-7-6-8-14(15)3/h6-11,13H,12H2,1-5H3,(H,23,27)(H,28,29). The van der Waals surface area contributed by atoms with Crippen molar-refractivity contribution in [3.63, 3.8) is 0 Å². The number of carbonyl (C=O) groups excluding carboxylic acids is 1.